The second-order valence-corrected chi connectivity index (χ2v) is 5.47. The van der Waals surface area contributed by atoms with Crippen LogP contribution in [0.3, 0.4) is 0 Å². The second kappa shape index (κ2) is 7.01. The fraction of sp³-hybridized carbons (Fsp3) is 0.294. The van der Waals surface area contributed by atoms with Crippen LogP contribution in [0.2, 0.25) is 5.02 Å². The molecule has 1 nitrogen and oxygen atoms in total. The largest absolute Gasteiger partial charge is 0.303 e. The van der Waals surface area contributed by atoms with Crippen LogP contribution in [-0.4, -0.2) is 0 Å². The van der Waals surface area contributed by atoms with Crippen LogP contribution < -0.4 is 5.32 Å². The molecule has 1 N–H and O–H groups in total. The van der Waals surface area contributed by atoms with Gasteiger partial charge in [0.2, 0.25) is 0 Å². The van der Waals surface area contributed by atoms with E-state index in [0.717, 1.165) is 12.0 Å². The molecule has 0 fully saturated rings. The van der Waals surface area contributed by atoms with E-state index in [1.54, 1.807) is 6.92 Å². The number of hydrogen-bond donors (Lipinski definition) is 1. The zero-order valence-corrected chi connectivity index (χ0v) is 12.8. The average Bonchev–Trinajstić information content (AvgIpc) is 2.45. The molecule has 0 spiro atoms. The molecule has 0 amide bonds. The van der Waals surface area contributed by atoms with Gasteiger partial charge in [-0.25, -0.2) is 8.78 Å². The van der Waals surface area contributed by atoms with Gasteiger partial charge in [-0.1, -0.05) is 36.7 Å². The molecule has 0 aliphatic rings. The maximum Gasteiger partial charge on any atom is 0.130 e. The summed E-state index contributed by atoms with van der Waals surface area (Å²) in [6, 6.07) is 11.0. The molecule has 2 aromatic carbocycles. The number of halogens is 3. The summed E-state index contributed by atoms with van der Waals surface area (Å²) < 4.78 is 27.6. The zero-order chi connectivity index (χ0) is 15.4. The molecule has 0 aliphatic carbocycles. The lowest BCUT2D eigenvalue weighted by atomic mass is 10.0. The molecule has 0 saturated heterocycles. The van der Waals surface area contributed by atoms with Crippen LogP contribution in [0.1, 0.15) is 43.5 Å². The molecule has 4 heteroatoms. The summed E-state index contributed by atoms with van der Waals surface area (Å²) in [5.74, 6) is -1.05. The van der Waals surface area contributed by atoms with Gasteiger partial charge in [-0.05, 0) is 43.2 Å². The van der Waals surface area contributed by atoms with Crippen LogP contribution in [-0.2, 0) is 0 Å². The molecule has 0 heterocycles. The molecule has 0 radical (unpaired) electrons. The highest BCUT2D eigenvalue weighted by Gasteiger charge is 2.19. The van der Waals surface area contributed by atoms with Crippen LogP contribution in [0.15, 0.2) is 42.5 Å². The summed E-state index contributed by atoms with van der Waals surface area (Å²) in [6.45, 7) is 3.79. The zero-order valence-electron chi connectivity index (χ0n) is 12.0. The average molecular weight is 310 g/mol. The molecular weight excluding hydrogens is 292 g/mol. The summed E-state index contributed by atoms with van der Waals surface area (Å²) in [4.78, 5) is 0. The monoisotopic (exact) mass is 309 g/mol. The minimum Gasteiger partial charge on any atom is -0.303 e. The van der Waals surface area contributed by atoms with Gasteiger partial charge in [0.25, 0.3) is 0 Å². The Hall–Kier alpha value is -1.45. The Balaban J connectivity index is 2.20. The van der Waals surface area contributed by atoms with E-state index >= 15 is 0 Å². The summed E-state index contributed by atoms with van der Waals surface area (Å²) in [5.41, 5.74) is 1.12. The lowest BCUT2D eigenvalue weighted by Crippen LogP contribution is -2.25. The number of rotatable bonds is 5. The van der Waals surface area contributed by atoms with Crippen LogP contribution in [0.25, 0.3) is 0 Å². The van der Waals surface area contributed by atoms with Crippen LogP contribution in [0.5, 0.6) is 0 Å². The van der Waals surface area contributed by atoms with E-state index < -0.39 is 17.7 Å². The van der Waals surface area contributed by atoms with Crippen molar-refractivity contribution in [1.82, 2.24) is 5.32 Å². The van der Waals surface area contributed by atoms with Gasteiger partial charge < -0.3 is 5.32 Å². The normalized spacial score (nSPS) is 14.0. The van der Waals surface area contributed by atoms with Gasteiger partial charge >= 0.3 is 0 Å². The number of nitrogens with one attached hydrogen (secondary N) is 1. The van der Waals surface area contributed by atoms with E-state index in [0.29, 0.717) is 5.02 Å². The Labute approximate surface area is 128 Å². The first-order chi connectivity index (χ1) is 10.0. The van der Waals surface area contributed by atoms with Crippen molar-refractivity contribution in [1.29, 1.82) is 0 Å². The van der Waals surface area contributed by atoms with Gasteiger partial charge in [-0.3, -0.25) is 0 Å². The third kappa shape index (κ3) is 3.80. The van der Waals surface area contributed by atoms with Crippen LogP contribution >= 0.6 is 11.6 Å². The topological polar surface area (TPSA) is 12.0 Å². The van der Waals surface area contributed by atoms with Gasteiger partial charge in [-0.2, -0.15) is 0 Å². The summed E-state index contributed by atoms with van der Waals surface area (Å²) in [7, 11) is 0. The Morgan fingerprint density at radius 2 is 1.62 bits per heavy atom. The van der Waals surface area contributed by atoms with Crippen LogP contribution in [0, 0.1) is 11.6 Å². The molecule has 21 heavy (non-hydrogen) atoms. The van der Waals surface area contributed by atoms with Crippen molar-refractivity contribution < 1.29 is 8.78 Å². The number of hydrogen-bond acceptors (Lipinski definition) is 1. The maximum absolute atomic E-state index is 13.8. The summed E-state index contributed by atoms with van der Waals surface area (Å²) in [5, 5.41) is 3.95. The van der Waals surface area contributed by atoms with E-state index in [4.69, 9.17) is 11.6 Å². The van der Waals surface area contributed by atoms with Crippen molar-refractivity contribution in [3.05, 3.63) is 70.2 Å². The number of benzene rings is 2. The molecular formula is C17H18ClF2N. The third-order valence-corrected chi connectivity index (χ3v) is 3.82. The predicted octanol–water partition coefficient (Wildman–Crippen LogP) is 5.42. The Bertz CT molecular complexity index is 578. The van der Waals surface area contributed by atoms with Crippen LogP contribution in [0.4, 0.5) is 8.78 Å². The van der Waals surface area contributed by atoms with E-state index in [1.165, 1.54) is 18.2 Å². The van der Waals surface area contributed by atoms with Crippen molar-refractivity contribution in [2.75, 3.05) is 0 Å². The van der Waals surface area contributed by atoms with Gasteiger partial charge in [0.15, 0.2) is 0 Å². The van der Waals surface area contributed by atoms with Crippen molar-refractivity contribution in [3.8, 4) is 0 Å². The lowest BCUT2D eigenvalue weighted by Gasteiger charge is -2.23. The Morgan fingerprint density at radius 1 is 1.05 bits per heavy atom. The highest BCUT2D eigenvalue weighted by atomic mass is 35.5. The van der Waals surface area contributed by atoms with E-state index in [9.17, 15) is 8.78 Å². The highest BCUT2D eigenvalue weighted by molar-refractivity contribution is 6.30. The van der Waals surface area contributed by atoms with Gasteiger partial charge in [0, 0.05) is 22.7 Å². The van der Waals surface area contributed by atoms with Gasteiger partial charge in [-0.15, -0.1) is 0 Å². The first-order valence-electron chi connectivity index (χ1n) is 6.98. The molecule has 2 rings (SSSR count). The quantitative estimate of drug-likeness (QED) is 0.777. The van der Waals surface area contributed by atoms with Crippen molar-refractivity contribution >= 4 is 11.6 Å². The predicted molar refractivity (Wildman–Crippen MR) is 82.4 cm³/mol. The second-order valence-electron chi connectivity index (χ2n) is 5.04. The van der Waals surface area contributed by atoms with E-state index in [1.807, 2.05) is 31.2 Å². The van der Waals surface area contributed by atoms with E-state index in [2.05, 4.69) is 5.32 Å². The Morgan fingerprint density at radius 3 is 2.14 bits per heavy atom. The smallest absolute Gasteiger partial charge is 0.130 e. The molecule has 0 saturated carbocycles. The van der Waals surface area contributed by atoms with Gasteiger partial charge in [0.05, 0.1) is 0 Å². The summed E-state index contributed by atoms with van der Waals surface area (Å²) in [6.07, 6.45) is 0.808. The molecule has 2 unspecified atom stereocenters. The first kappa shape index (κ1) is 15.9. The lowest BCUT2D eigenvalue weighted by molar-refractivity contribution is 0.426. The molecule has 0 aliphatic heterocycles. The molecule has 0 aromatic heterocycles. The fourth-order valence-corrected chi connectivity index (χ4v) is 2.58. The molecule has 2 atom stereocenters. The van der Waals surface area contributed by atoms with E-state index in [-0.39, 0.29) is 11.6 Å². The fourth-order valence-electron chi connectivity index (χ4n) is 2.45. The van der Waals surface area contributed by atoms with Gasteiger partial charge in [0.1, 0.15) is 11.6 Å². The Kier molecular flexibility index (Phi) is 5.32. The molecule has 0 bridgehead atoms. The minimum atomic E-state index is -0.527. The minimum absolute atomic E-state index is 0.0104. The highest BCUT2D eigenvalue weighted by Crippen LogP contribution is 2.26. The summed E-state index contributed by atoms with van der Waals surface area (Å²) >= 11 is 5.88. The maximum atomic E-state index is 13.8. The first-order valence-corrected chi connectivity index (χ1v) is 7.36. The standard InChI is InChI=1S/C17H18ClF2N/c1-3-16(12-7-9-13(18)10-8-12)21-11(2)17-14(19)5-4-6-15(17)20/h4-11,16,21H,3H2,1-2H3. The van der Waals surface area contributed by atoms with Crippen molar-refractivity contribution in [2.24, 2.45) is 0 Å². The third-order valence-electron chi connectivity index (χ3n) is 3.56. The SMILES string of the molecule is CCC(NC(C)c1c(F)cccc1F)c1ccc(Cl)cc1. The molecule has 112 valence electrons. The van der Waals surface area contributed by atoms with Crippen molar-refractivity contribution in [2.45, 2.75) is 32.4 Å². The van der Waals surface area contributed by atoms with Crippen molar-refractivity contribution in [3.63, 3.8) is 0 Å². The molecule has 2 aromatic rings.